The van der Waals surface area contributed by atoms with Gasteiger partial charge in [-0.25, -0.2) is 14.4 Å². The molecule has 1 heterocycles. The fourth-order valence-corrected chi connectivity index (χ4v) is 33.3. The lowest BCUT2D eigenvalue weighted by Crippen LogP contribution is -2.42. The maximum Gasteiger partial charge on any atom is 0.338 e. The van der Waals surface area contributed by atoms with Gasteiger partial charge in [-0.1, -0.05) is 38.5 Å². The molecule has 414 valence electrons. The van der Waals surface area contributed by atoms with Crippen molar-refractivity contribution in [2.45, 2.75) is 174 Å². The van der Waals surface area contributed by atoms with Crippen LogP contribution < -0.4 is 16.0 Å². The molecule has 0 amide bonds. The van der Waals surface area contributed by atoms with E-state index in [1.165, 1.54) is 0 Å². The predicted octanol–water partition coefficient (Wildman–Crippen LogP) is 15.3. The minimum Gasteiger partial charge on any atom is -0.462 e. The summed E-state index contributed by atoms with van der Waals surface area (Å²) in [5.74, 6) is -0.483. The van der Waals surface area contributed by atoms with E-state index in [1.54, 1.807) is 72.8 Å². The van der Waals surface area contributed by atoms with Gasteiger partial charge in [0.2, 0.25) is 17.8 Å². The summed E-state index contributed by atoms with van der Waals surface area (Å²) in [5.41, 5.74) is 3.21. The third-order valence-corrected chi connectivity index (χ3v) is 30.1. The number of ether oxygens (including phenoxy) is 3. The number of benzene rings is 3. The van der Waals surface area contributed by atoms with Gasteiger partial charge in [0, 0.05) is 17.1 Å². The molecule has 1 aromatic heterocycles. The van der Waals surface area contributed by atoms with Crippen molar-refractivity contribution in [2.24, 2.45) is 0 Å². The number of hydrogen-bond acceptors (Lipinski definition) is 15. The van der Waals surface area contributed by atoms with Crippen molar-refractivity contribution in [2.75, 3.05) is 35.8 Å². The number of esters is 3. The van der Waals surface area contributed by atoms with E-state index in [1.807, 2.05) is 0 Å². The largest absolute Gasteiger partial charge is 0.462 e. The standard InChI is InChI=1S/C54H90N6O9Si6/c1-70(2,3)67-73(10,11)40-22-16-19-37-64-49(61)43-25-31-46(32-26-43)55-52-58-53(56-47-33-27-44(28-34-47)50(62)65-38-20-17-23-41-74(12,13)68-71(4,5)6)60-54(59-52)57-48-35-29-45(30-36-48)51(63)66-39-21-18-24-42-75(14,15)69-72(7,8)9/h25-36H,16-24,37-42H2,1-15H3,(H3,55,56,57,58,59,60). The highest BCUT2D eigenvalue weighted by Crippen LogP contribution is 2.26. The number of carbonyl (C=O) groups excluding carboxylic acids is 3. The Labute approximate surface area is 455 Å². The van der Waals surface area contributed by atoms with Crippen molar-refractivity contribution in [1.29, 1.82) is 0 Å². The Morgan fingerprint density at radius 2 is 0.573 bits per heavy atom. The quantitative estimate of drug-likeness (QED) is 0.0177. The summed E-state index contributed by atoms with van der Waals surface area (Å²) in [4.78, 5) is 52.8. The van der Waals surface area contributed by atoms with Gasteiger partial charge >= 0.3 is 17.9 Å². The highest BCUT2D eigenvalue weighted by Gasteiger charge is 2.31. The second-order valence-corrected chi connectivity index (χ2v) is 51.4. The molecule has 15 nitrogen and oxygen atoms in total. The normalized spacial score (nSPS) is 12.5. The van der Waals surface area contributed by atoms with E-state index in [0.717, 1.165) is 75.9 Å². The number of aromatic nitrogens is 3. The highest BCUT2D eigenvalue weighted by molar-refractivity contribution is 6.85. The van der Waals surface area contributed by atoms with Crippen molar-refractivity contribution in [1.82, 2.24) is 15.0 Å². The van der Waals surface area contributed by atoms with Crippen LogP contribution in [0.1, 0.15) is 88.9 Å². The molecule has 0 unspecified atom stereocenters. The van der Waals surface area contributed by atoms with Gasteiger partial charge in [-0.2, -0.15) is 15.0 Å². The monoisotopic (exact) mass is 1130 g/mol. The average Bonchev–Trinajstić information content (AvgIpc) is 3.28. The highest BCUT2D eigenvalue weighted by atomic mass is 28.4. The number of hydrogen-bond donors (Lipinski definition) is 3. The zero-order valence-corrected chi connectivity index (χ0v) is 54.1. The lowest BCUT2D eigenvalue weighted by Gasteiger charge is -2.31. The third kappa shape index (κ3) is 26.5. The topological polar surface area (TPSA) is 181 Å². The van der Waals surface area contributed by atoms with E-state index >= 15 is 0 Å². The Morgan fingerprint density at radius 3 is 0.787 bits per heavy atom. The molecule has 0 aliphatic heterocycles. The first-order valence-electron chi connectivity index (χ1n) is 26.9. The van der Waals surface area contributed by atoms with Gasteiger partial charge in [0.1, 0.15) is 0 Å². The van der Waals surface area contributed by atoms with Crippen LogP contribution in [0.3, 0.4) is 0 Å². The average molecular weight is 1140 g/mol. The molecule has 0 aliphatic rings. The molecular weight excluding hydrogens is 1050 g/mol. The maximum absolute atomic E-state index is 12.9. The van der Waals surface area contributed by atoms with Crippen LogP contribution in [0.2, 0.25) is 116 Å². The molecule has 21 heteroatoms. The Kier molecular flexibility index (Phi) is 24.3. The molecule has 0 radical (unpaired) electrons. The van der Waals surface area contributed by atoms with Crippen molar-refractivity contribution >= 4 is 103 Å². The first-order chi connectivity index (χ1) is 34.9. The Hall–Kier alpha value is -4.34. The summed E-state index contributed by atoms with van der Waals surface area (Å²) in [6.07, 6.45) is 8.52. The smallest absolute Gasteiger partial charge is 0.338 e. The number of anilines is 6. The van der Waals surface area contributed by atoms with Crippen LogP contribution in [0.5, 0.6) is 0 Å². The van der Waals surface area contributed by atoms with Gasteiger partial charge in [-0.15, -0.1) is 0 Å². The number of nitrogens with zero attached hydrogens (tertiary/aromatic N) is 3. The van der Waals surface area contributed by atoms with Gasteiger partial charge < -0.3 is 42.5 Å². The number of rotatable bonds is 33. The van der Waals surface area contributed by atoms with E-state index < -0.39 is 49.9 Å². The number of carbonyl (C=O) groups is 3. The minimum absolute atomic E-state index is 0.219. The molecular formula is C54H90N6O9Si6. The fourth-order valence-electron chi connectivity index (χ4n) is 8.87. The summed E-state index contributed by atoms with van der Waals surface area (Å²) in [7, 11) is -9.77. The molecule has 0 fully saturated rings. The summed E-state index contributed by atoms with van der Waals surface area (Å²) in [5, 5.41) is 9.70. The molecule has 0 saturated heterocycles. The SMILES string of the molecule is C[Si](C)(C)O[Si](C)(C)CCCCCOC(=O)c1ccc(Nc2nc(Nc3ccc(C(=O)OCCCCC[Si](C)(C)O[Si](C)(C)C)cc3)nc(Nc3ccc(C(=O)OCCCCC[Si](C)(C)O[Si](C)(C)C)cc3)n2)cc1. The lowest BCUT2D eigenvalue weighted by atomic mass is 10.2. The van der Waals surface area contributed by atoms with Crippen LogP contribution in [-0.4, -0.2) is 103 Å². The number of nitrogens with one attached hydrogen (secondary N) is 3. The second-order valence-electron chi connectivity index (χ2n) is 24.2. The molecule has 3 aromatic carbocycles. The zero-order chi connectivity index (χ0) is 55.5. The predicted molar refractivity (Wildman–Crippen MR) is 322 cm³/mol. The van der Waals surface area contributed by atoms with Crippen LogP contribution in [-0.2, 0) is 26.6 Å². The van der Waals surface area contributed by atoms with E-state index in [2.05, 4.69) is 129 Å². The van der Waals surface area contributed by atoms with Crippen molar-refractivity contribution in [3.8, 4) is 0 Å². The molecule has 0 saturated carbocycles. The fraction of sp³-hybridized carbons (Fsp3) is 0.556. The van der Waals surface area contributed by atoms with E-state index in [9.17, 15) is 14.4 Å². The Morgan fingerprint density at radius 1 is 0.347 bits per heavy atom. The van der Waals surface area contributed by atoms with Crippen LogP contribution in [0.25, 0.3) is 0 Å². The van der Waals surface area contributed by atoms with Gasteiger partial charge in [0.25, 0.3) is 0 Å². The Balaban J connectivity index is 1.37. The molecule has 75 heavy (non-hydrogen) atoms. The van der Waals surface area contributed by atoms with Gasteiger partial charge in [-0.3, -0.25) is 0 Å². The summed E-state index contributed by atoms with van der Waals surface area (Å²) in [6, 6.07) is 24.1. The summed E-state index contributed by atoms with van der Waals surface area (Å²) < 4.78 is 36.2. The van der Waals surface area contributed by atoms with Gasteiger partial charge in [0.05, 0.1) is 36.5 Å². The van der Waals surface area contributed by atoms with Crippen molar-refractivity contribution in [3.05, 3.63) is 89.5 Å². The van der Waals surface area contributed by atoms with Gasteiger partial charge in [0.15, 0.2) is 49.9 Å². The molecule has 0 aliphatic carbocycles. The van der Waals surface area contributed by atoms with Crippen molar-refractivity contribution < 1.29 is 40.9 Å². The van der Waals surface area contributed by atoms with Crippen molar-refractivity contribution in [3.63, 3.8) is 0 Å². The summed E-state index contributed by atoms with van der Waals surface area (Å²) >= 11 is 0. The molecule has 0 atom stereocenters. The molecule has 4 rings (SSSR count). The van der Waals surface area contributed by atoms with Gasteiger partial charge in [-0.05, 0) is 208 Å². The molecule has 0 bridgehead atoms. The Bertz CT molecular complexity index is 2130. The first kappa shape index (κ1) is 63.2. The summed E-state index contributed by atoms with van der Waals surface area (Å²) in [6.45, 7) is 34.9. The molecule has 4 aromatic rings. The second kappa shape index (κ2) is 28.9. The van der Waals surface area contributed by atoms with E-state index in [4.69, 9.17) is 26.6 Å². The molecule has 0 spiro atoms. The third-order valence-electron chi connectivity index (χ3n) is 11.5. The molecule has 3 N–H and O–H groups in total. The minimum atomic E-state index is -1.69. The van der Waals surface area contributed by atoms with Crippen LogP contribution in [0.4, 0.5) is 34.9 Å². The number of unbranched alkanes of at least 4 members (excludes halogenated alkanes) is 6. The lowest BCUT2D eigenvalue weighted by molar-refractivity contribution is 0.0489. The van der Waals surface area contributed by atoms with Crippen LogP contribution in [0.15, 0.2) is 72.8 Å². The van der Waals surface area contributed by atoms with Crippen LogP contribution in [0, 0.1) is 0 Å². The van der Waals surface area contributed by atoms with E-state index in [-0.39, 0.29) is 35.8 Å². The van der Waals surface area contributed by atoms with E-state index in [0.29, 0.717) is 53.6 Å². The zero-order valence-electron chi connectivity index (χ0n) is 48.1. The first-order valence-corrected chi connectivity index (χ1v) is 46.5. The van der Waals surface area contributed by atoms with Crippen LogP contribution >= 0.6 is 0 Å². The maximum atomic E-state index is 12.9.